The van der Waals surface area contributed by atoms with Gasteiger partial charge in [0.15, 0.2) is 0 Å². The van der Waals surface area contributed by atoms with E-state index in [1.165, 1.54) is 71.3 Å². The zero-order chi connectivity index (χ0) is 25.8. The largest absolute Gasteiger partial charge is 0.467 e. The van der Waals surface area contributed by atoms with Crippen molar-refractivity contribution in [3.05, 3.63) is 0 Å². The monoisotopic (exact) mass is 491 g/mol. The first-order chi connectivity index (χ1) is 16.7. The lowest BCUT2D eigenvalue weighted by molar-refractivity contribution is -0.146. The molecule has 0 aliphatic heterocycles. The van der Waals surface area contributed by atoms with Gasteiger partial charge in [-0.1, -0.05) is 40.5 Å². The lowest BCUT2D eigenvalue weighted by Gasteiger charge is -2.60. The average Bonchev–Trinajstić information content (AvgIpc) is 3.19. The summed E-state index contributed by atoms with van der Waals surface area (Å²) < 4.78 is 4.86. The van der Waals surface area contributed by atoms with Gasteiger partial charge in [0.05, 0.1) is 7.11 Å². The van der Waals surface area contributed by atoms with E-state index in [9.17, 15) is 9.59 Å². The number of rotatable bonds is 7. The van der Waals surface area contributed by atoms with E-state index in [0.717, 1.165) is 49.5 Å². The van der Waals surface area contributed by atoms with Gasteiger partial charge < -0.3 is 15.2 Å². The second-order valence-electron chi connectivity index (χ2n) is 12.9. The van der Waals surface area contributed by atoms with Gasteiger partial charge in [0.1, 0.15) is 6.04 Å². The molecule has 4 aliphatic carbocycles. The summed E-state index contributed by atoms with van der Waals surface area (Å²) in [7, 11) is 2.39. The van der Waals surface area contributed by atoms with Crippen molar-refractivity contribution >= 4 is 11.9 Å². The van der Waals surface area contributed by atoms with Crippen molar-refractivity contribution in [2.24, 2.45) is 46.3 Å². The van der Waals surface area contributed by atoms with Gasteiger partial charge in [0.25, 0.3) is 0 Å². The highest BCUT2D eigenvalue weighted by Crippen LogP contribution is 2.67. The van der Waals surface area contributed by atoms with E-state index in [4.69, 9.17) is 9.84 Å². The highest BCUT2D eigenvalue weighted by Gasteiger charge is 2.59. The van der Waals surface area contributed by atoms with Crippen molar-refractivity contribution in [1.82, 2.24) is 5.32 Å². The molecular weight excluding hydrogens is 438 g/mol. The van der Waals surface area contributed by atoms with Crippen molar-refractivity contribution in [3.8, 4) is 0 Å². The summed E-state index contributed by atoms with van der Waals surface area (Å²) in [4.78, 5) is 24.5. The third-order valence-corrected chi connectivity index (χ3v) is 11.2. The van der Waals surface area contributed by atoms with Crippen molar-refractivity contribution < 1.29 is 19.4 Å². The summed E-state index contributed by atoms with van der Waals surface area (Å²) in [6, 6.07) is -0.539. The Morgan fingerprint density at radius 1 is 0.943 bits per heavy atom. The molecule has 5 heteroatoms. The van der Waals surface area contributed by atoms with Crippen LogP contribution in [0.3, 0.4) is 0 Å². The summed E-state index contributed by atoms with van der Waals surface area (Å²) in [5, 5.41) is 9.91. The van der Waals surface area contributed by atoms with Crippen LogP contribution in [0, 0.1) is 46.3 Å². The van der Waals surface area contributed by atoms with E-state index < -0.39 is 6.04 Å². The molecule has 0 bridgehead atoms. The molecule has 0 radical (unpaired) electrons. The summed E-state index contributed by atoms with van der Waals surface area (Å²) in [5.41, 5.74) is 1.09. The first-order valence-corrected chi connectivity index (χ1v) is 14.5. The molecule has 4 fully saturated rings. The third kappa shape index (κ3) is 5.60. The zero-order valence-corrected chi connectivity index (χ0v) is 23.4. The van der Waals surface area contributed by atoms with E-state index >= 15 is 0 Å². The molecule has 2 N–H and O–H groups in total. The fourth-order valence-electron chi connectivity index (χ4n) is 9.26. The van der Waals surface area contributed by atoms with Gasteiger partial charge >= 0.3 is 5.97 Å². The Balaban J connectivity index is 0.00000167. The number of nitrogens with one attached hydrogen (secondary N) is 1. The number of carbonyl (C=O) groups excluding carboxylic acids is 2. The van der Waals surface area contributed by atoms with E-state index in [1.54, 1.807) is 0 Å². The maximum atomic E-state index is 12.6. The molecule has 0 heterocycles. The minimum Gasteiger partial charge on any atom is -0.467 e. The number of aliphatic hydroxyl groups is 1. The molecule has 0 aromatic carbocycles. The Kier molecular flexibility index (Phi) is 9.73. The number of esters is 1. The first kappa shape index (κ1) is 28.5. The van der Waals surface area contributed by atoms with Gasteiger partial charge in [0, 0.05) is 13.5 Å². The first-order valence-electron chi connectivity index (χ1n) is 14.5. The predicted molar refractivity (Wildman–Crippen MR) is 141 cm³/mol. The summed E-state index contributed by atoms with van der Waals surface area (Å²) >= 11 is 0. The highest BCUT2D eigenvalue weighted by atomic mass is 16.5. The van der Waals surface area contributed by atoms with Crippen LogP contribution < -0.4 is 5.32 Å². The Morgan fingerprint density at radius 3 is 2.34 bits per heavy atom. The molecule has 8 atom stereocenters. The number of aliphatic hydroxyl groups excluding tert-OH is 1. The second-order valence-corrected chi connectivity index (χ2v) is 12.9. The molecule has 4 saturated carbocycles. The molecule has 0 aromatic heterocycles. The van der Waals surface area contributed by atoms with Crippen LogP contribution in [0.1, 0.15) is 111 Å². The van der Waals surface area contributed by atoms with Gasteiger partial charge in [-0.2, -0.15) is 0 Å². The highest BCUT2D eigenvalue weighted by molar-refractivity contribution is 5.84. The maximum Gasteiger partial charge on any atom is 0.328 e. The van der Waals surface area contributed by atoms with Crippen LogP contribution in [-0.2, 0) is 14.3 Å². The number of amides is 1. The van der Waals surface area contributed by atoms with Crippen LogP contribution in [0.2, 0.25) is 0 Å². The fraction of sp³-hybridized carbons (Fsp3) is 0.933. The van der Waals surface area contributed by atoms with Crippen LogP contribution >= 0.6 is 0 Å². The van der Waals surface area contributed by atoms with Crippen LogP contribution in [-0.4, -0.2) is 37.2 Å². The molecule has 1 amide bonds. The van der Waals surface area contributed by atoms with E-state index in [2.05, 4.69) is 19.2 Å². The third-order valence-electron chi connectivity index (χ3n) is 11.2. The van der Waals surface area contributed by atoms with Crippen molar-refractivity contribution in [3.63, 3.8) is 0 Å². The molecule has 202 valence electrons. The Morgan fingerprint density at radius 2 is 1.66 bits per heavy atom. The standard InChI is InChI=1S/C29H49NO3.CH4O/c1-19(2)26(27(32)33-5)30-25(31)11-8-10-21-13-15-23-22-14-12-20-9-6-7-17-28(20,3)24(22)16-18-29(21,23)4;1-2/h19-24,26H,6-18H2,1-5H3,(H,30,31);2H,1H3. The van der Waals surface area contributed by atoms with Crippen LogP contribution in [0.25, 0.3) is 0 Å². The molecule has 0 saturated heterocycles. The minimum atomic E-state index is -0.539. The SMILES string of the molecule is CO.COC(=O)C(NC(=O)CCCC1CCC2C3CCC4CCCCC4(C)C3CCC12C)C(C)C. The molecule has 4 rings (SSSR count). The molecule has 4 aliphatic rings. The molecule has 0 aromatic rings. The van der Waals surface area contributed by atoms with E-state index in [1.807, 2.05) is 13.8 Å². The second kappa shape index (κ2) is 12.0. The van der Waals surface area contributed by atoms with Crippen molar-refractivity contribution in [2.45, 2.75) is 117 Å². The number of hydrogen-bond donors (Lipinski definition) is 2. The lowest BCUT2D eigenvalue weighted by atomic mass is 9.45. The van der Waals surface area contributed by atoms with Gasteiger partial charge in [-0.25, -0.2) is 4.79 Å². The van der Waals surface area contributed by atoms with Gasteiger partial charge in [-0.15, -0.1) is 0 Å². The fourth-order valence-corrected chi connectivity index (χ4v) is 9.26. The zero-order valence-electron chi connectivity index (χ0n) is 23.4. The molecule has 8 unspecified atom stereocenters. The number of carbonyl (C=O) groups is 2. The Labute approximate surface area is 214 Å². The minimum absolute atomic E-state index is 0.00828. The van der Waals surface area contributed by atoms with Crippen LogP contribution in [0.5, 0.6) is 0 Å². The quantitative estimate of drug-likeness (QED) is 0.420. The number of ether oxygens (including phenoxy) is 1. The number of fused-ring (bicyclic) bond motifs is 5. The maximum absolute atomic E-state index is 12.6. The van der Waals surface area contributed by atoms with Crippen LogP contribution in [0.15, 0.2) is 0 Å². The molecular formula is C30H53NO4. The smallest absolute Gasteiger partial charge is 0.328 e. The lowest BCUT2D eigenvalue weighted by Crippen LogP contribution is -2.52. The molecule has 35 heavy (non-hydrogen) atoms. The number of methoxy groups -OCH3 is 1. The average molecular weight is 492 g/mol. The van der Waals surface area contributed by atoms with Gasteiger partial charge in [-0.3, -0.25) is 4.79 Å². The van der Waals surface area contributed by atoms with Gasteiger partial charge in [-0.05, 0) is 111 Å². The normalized spacial score (nSPS) is 38.8. The van der Waals surface area contributed by atoms with Crippen molar-refractivity contribution in [2.75, 3.05) is 14.2 Å². The van der Waals surface area contributed by atoms with Gasteiger partial charge in [0.2, 0.25) is 5.91 Å². The summed E-state index contributed by atoms with van der Waals surface area (Å²) in [6.45, 7) is 9.16. The van der Waals surface area contributed by atoms with Crippen LogP contribution in [0.4, 0.5) is 0 Å². The van der Waals surface area contributed by atoms with Crippen molar-refractivity contribution in [1.29, 1.82) is 0 Å². The number of hydrogen-bond acceptors (Lipinski definition) is 4. The Bertz CT molecular complexity index is 723. The Hall–Kier alpha value is -1.10. The summed E-state index contributed by atoms with van der Waals surface area (Å²) in [6.07, 6.45) is 17.0. The topological polar surface area (TPSA) is 75.6 Å². The molecule has 0 spiro atoms. The van der Waals surface area contributed by atoms with E-state index in [-0.39, 0.29) is 17.8 Å². The summed E-state index contributed by atoms with van der Waals surface area (Å²) in [5.74, 6) is 4.25. The van der Waals surface area contributed by atoms with E-state index in [0.29, 0.717) is 17.3 Å². The predicted octanol–water partition coefficient (Wildman–Crippen LogP) is 6.13. The molecule has 5 nitrogen and oxygen atoms in total.